The zero-order valence-electron chi connectivity index (χ0n) is 9.53. The van der Waals surface area contributed by atoms with Crippen LogP contribution in [0.15, 0.2) is 0 Å². The Morgan fingerprint density at radius 3 is 2.67 bits per heavy atom. The Hall–Kier alpha value is -1.08. The second kappa shape index (κ2) is 4.19. The molecule has 1 N–H and O–H groups in total. The molecule has 0 bridgehead atoms. The van der Waals surface area contributed by atoms with Crippen molar-refractivity contribution in [1.82, 2.24) is 4.90 Å². The first-order chi connectivity index (χ1) is 6.87. The van der Waals surface area contributed by atoms with Crippen LogP contribution in [0.25, 0.3) is 0 Å². The van der Waals surface area contributed by atoms with Crippen LogP contribution in [0.5, 0.6) is 0 Å². The summed E-state index contributed by atoms with van der Waals surface area (Å²) in [6.07, 6.45) is 0.692. The SMILES string of the molecule is CC1C(C(=O)O)CCN1CC(C)(C)C#N. The lowest BCUT2D eigenvalue weighted by Crippen LogP contribution is -2.38. The van der Waals surface area contributed by atoms with E-state index in [1.807, 2.05) is 20.8 Å². The van der Waals surface area contributed by atoms with Gasteiger partial charge in [-0.2, -0.15) is 5.26 Å². The van der Waals surface area contributed by atoms with Gasteiger partial charge in [0.1, 0.15) is 0 Å². The molecular formula is C11H18N2O2. The smallest absolute Gasteiger partial charge is 0.308 e. The van der Waals surface area contributed by atoms with Crippen molar-refractivity contribution in [2.24, 2.45) is 11.3 Å². The highest BCUT2D eigenvalue weighted by atomic mass is 16.4. The van der Waals surface area contributed by atoms with Gasteiger partial charge in [-0.15, -0.1) is 0 Å². The van der Waals surface area contributed by atoms with E-state index >= 15 is 0 Å². The standard InChI is InChI=1S/C11H18N2O2/c1-8-9(10(14)15)4-5-13(8)7-11(2,3)6-12/h8-9H,4-5,7H2,1-3H3,(H,14,15). The summed E-state index contributed by atoms with van der Waals surface area (Å²) in [6, 6.07) is 2.28. The lowest BCUT2D eigenvalue weighted by atomic mass is 9.94. The predicted octanol–water partition coefficient (Wildman–Crippen LogP) is 1.33. The Morgan fingerprint density at radius 2 is 2.27 bits per heavy atom. The molecule has 1 rings (SSSR count). The molecule has 0 aromatic rings. The van der Waals surface area contributed by atoms with Gasteiger partial charge in [0, 0.05) is 12.6 Å². The highest BCUT2D eigenvalue weighted by molar-refractivity contribution is 5.71. The molecule has 0 saturated carbocycles. The zero-order valence-corrected chi connectivity index (χ0v) is 9.53. The molecule has 1 aliphatic heterocycles. The van der Waals surface area contributed by atoms with Crippen LogP contribution in [-0.4, -0.2) is 35.1 Å². The number of aliphatic carboxylic acids is 1. The Kier molecular flexibility index (Phi) is 3.35. The molecule has 84 valence electrons. The van der Waals surface area contributed by atoms with Crippen LogP contribution < -0.4 is 0 Å². The van der Waals surface area contributed by atoms with E-state index < -0.39 is 11.4 Å². The maximum atomic E-state index is 10.9. The van der Waals surface area contributed by atoms with Crippen molar-refractivity contribution in [2.45, 2.75) is 33.2 Å². The first-order valence-corrected chi connectivity index (χ1v) is 5.25. The minimum Gasteiger partial charge on any atom is -0.481 e. The number of hydrogen-bond donors (Lipinski definition) is 1. The van der Waals surface area contributed by atoms with E-state index in [2.05, 4.69) is 11.0 Å². The molecule has 4 heteroatoms. The summed E-state index contributed by atoms with van der Waals surface area (Å²) in [5.41, 5.74) is -0.401. The molecular weight excluding hydrogens is 192 g/mol. The Bertz CT molecular complexity index is 293. The Labute approximate surface area is 90.5 Å². The van der Waals surface area contributed by atoms with Crippen molar-refractivity contribution in [3.63, 3.8) is 0 Å². The monoisotopic (exact) mass is 210 g/mol. The molecule has 1 fully saturated rings. The van der Waals surface area contributed by atoms with Gasteiger partial charge < -0.3 is 5.11 Å². The van der Waals surface area contributed by atoms with Crippen molar-refractivity contribution in [2.75, 3.05) is 13.1 Å². The van der Waals surface area contributed by atoms with E-state index in [-0.39, 0.29) is 12.0 Å². The first-order valence-electron chi connectivity index (χ1n) is 5.25. The summed E-state index contributed by atoms with van der Waals surface area (Å²) in [5, 5.41) is 17.9. The molecule has 15 heavy (non-hydrogen) atoms. The van der Waals surface area contributed by atoms with Gasteiger partial charge in [-0.3, -0.25) is 9.69 Å². The van der Waals surface area contributed by atoms with Crippen LogP contribution in [0, 0.1) is 22.7 Å². The van der Waals surface area contributed by atoms with Crippen LogP contribution >= 0.6 is 0 Å². The van der Waals surface area contributed by atoms with Gasteiger partial charge in [-0.05, 0) is 33.7 Å². The van der Waals surface area contributed by atoms with Gasteiger partial charge in [-0.25, -0.2) is 0 Å². The third-order valence-corrected chi connectivity index (χ3v) is 3.10. The number of carboxylic acid groups (broad SMARTS) is 1. The minimum atomic E-state index is -0.722. The van der Waals surface area contributed by atoms with E-state index in [0.717, 1.165) is 6.54 Å². The molecule has 1 saturated heterocycles. The van der Waals surface area contributed by atoms with E-state index in [0.29, 0.717) is 13.0 Å². The lowest BCUT2D eigenvalue weighted by molar-refractivity contribution is -0.142. The molecule has 2 atom stereocenters. The number of nitriles is 1. The van der Waals surface area contributed by atoms with Crippen LogP contribution in [0.4, 0.5) is 0 Å². The fourth-order valence-corrected chi connectivity index (χ4v) is 2.10. The second-order valence-corrected chi connectivity index (χ2v) is 4.94. The molecule has 1 aliphatic rings. The average Bonchev–Trinajstić information content (AvgIpc) is 2.48. The average molecular weight is 210 g/mol. The zero-order chi connectivity index (χ0) is 11.6. The number of rotatable bonds is 3. The van der Waals surface area contributed by atoms with Gasteiger partial charge in [-0.1, -0.05) is 0 Å². The number of carbonyl (C=O) groups is 1. The van der Waals surface area contributed by atoms with E-state index in [1.165, 1.54) is 0 Å². The molecule has 0 aliphatic carbocycles. The fourth-order valence-electron chi connectivity index (χ4n) is 2.10. The molecule has 1 heterocycles. The van der Waals surface area contributed by atoms with Crippen molar-refractivity contribution in [3.8, 4) is 6.07 Å². The van der Waals surface area contributed by atoms with Crippen LogP contribution in [0.3, 0.4) is 0 Å². The summed E-state index contributed by atoms with van der Waals surface area (Å²) >= 11 is 0. The number of hydrogen-bond acceptors (Lipinski definition) is 3. The van der Waals surface area contributed by atoms with Gasteiger partial charge in [0.05, 0.1) is 17.4 Å². The predicted molar refractivity (Wildman–Crippen MR) is 56.2 cm³/mol. The molecule has 2 unspecified atom stereocenters. The summed E-state index contributed by atoms with van der Waals surface area (Å²) < 4.78 is 0. The highest BCUT2D eigenvalue weighted by Crippen LogP contribution is 2.27. The third kappa shape index (κ3) is 2.69. The topological polar surface area (TPSA) is 64.3 Å². The fraction of sp³-hybridized carbons (Fsp3) is 0.818. The number of nitrogens with zero attached hydrogens (tertiary/aromatic N) is 2. The van der Waals surface area contributed by atoms with Crippen molar-refractivity contribution >= 4 is 5.97 Å². The Morgan fingerprint density at radius 1 is 1.67 bits per heavy atom. The largest absolute Gasteiger partial charge is 0.481 e. The molecule has 0 aromatic carbocycles. The highest BCUT2D eigenvalue weighted by Gasteiger charge is 2.37. The molecule has 0 spiro atoms. The summed E-state index contributed by atoms with van der Waals surface area (Å²) in [5.74, 6) is -1.00. The van der Waals surface area contributed by atoms with Crippen molar-refractivity contribution in [3.05, 3.63) is 0 Å². The van der Waals surface area contributed by atoms with Crippen LogP contribution in [0.1, 0.15) is 27.2 Å². The van der Waals surface area contributed by atoms with Crippen LogP contribution in [-0.2, 0) is 4.79 Å². The van der Waals surface area contributed by atoms with Gasteiger partial charge in [0.25, 0.3) is 0 Å². The van der Waals surface area contributed by atoms with Gasteiger partial charge in [0.15, 0.2) is 0 Å². The van der Waals surface area contributed by atoms with Gasteiger partial charge in [0.2, 0.25) is 0 Å². The van der Waals surface area contributed by atoms with E-state index in [1.54, 1.807) is 0 Å². The maximum Gasteiger partial charge on any atom is 0.308 e. The normalized spacial score (nSPS) is 27.6. The van der Waals surface area contributed by atoms with Crippen LogP contribution in [0.2, 0.25) is 0 Å². The summed E-state index contributed by atoms with van der Waals surface area (Å²) in [4.78, 5) is 13.0. The summed E-state index contributed by atoms with van der Waals surface area (Å²) in [7, 11) is 0. The quantitative estimate of drug-likeness (QED) is 0.763. The second-order valence-electron chi connectivity index (χ2n) is 4.94. The van der Waals surface area contributed by atoms with Crippen molar-refractivity contribution < 1.29 is 9.90 Å². The maximum absolute atomic E-state index is 10.9. The lowest BCUT2D eigenvalue weighted by Gasteiger charge is -2.28. The molecule has 0 radical (unpaired) electrons. The summed E-state index contributed by atoms with van der Waals surface area (Å²) in [6.45, 7) is 7.12. The molecule has 0 amide bonds. The van der Waals surface area contributed by atoms with E-state index in [9.17, 15) is 4.79 Å². The number of carboxylic acids is 1. The molecule has 0 aromatic heterocycles. The van der Waals surface area contributed by atoms with Gasteiger partial charge >= 0.3 is 5.97 Å². The third-order valence-electron chi connectivity index (χ3n) is 3.10. The number of likely N-dealkylation sites (tertiary alicyclic amines) is 1. The van der Waals surface area contributed by atoms with E-state index in [4.69, 9.17) is 10.4 Å². The van der Waals surface area contributed by atoms with Crippen molar-refractivity contribution in [1.29, 1.82) is 5.26 Å². The minimum absolute atomic E-state index is 0.0372. The Balaban J connectivity index is 2.62. The first kappa shape index (κ1) is 12.0. The molecule has 4 nitrogen and oxygen atoms in total.